The number of aliphatic imine (C=N–C) groups is 1. The molecule has 0 aromatic carbocycles. The van der Waals surface area contributed by atoms with Gasteiger partial charge in [-0.3, -0.25) is 10.3 Å². The monoisotopic (exact) mass is 213 g/mol. The first kappa shape index (κ1) is 11.3. The highest BCUT2D eigenvalue weighted by atomic mass is 32.2. The van der Waals surface area contributed by atoms with Crippen molar-refractivity contribution in [2.75, 3.05) is 26.0 Å². The quantitative estimate of drug-likeness (QED) is 0.324. The van der Waals surface area contributed by atoms with Crippen molar-refractivity contribution in [1.82, 2.24) is 5.32 Å². The van der Waals surface area contributed by atoms with E-state index in [1.165, 1.54) is 11.8 Å². The smallest absolute Gasteiger partial charge is 0.183 e. The molecule has 1 heterocycles. The number of rotatable bonds is 2. The van der Waals surface area contributed by atoms with Gasteiger partial charge in [-0.1, -0.05) is 11.8 Å². The average Bonchev–Trinajstić information content (AvgIpc) is 2.25. The van der Waals surface area contributed by atoms with Crippen LogP contribution >= 0.6 is 11.8 Å². The van der Waals surface area contributed by atoms with Gasteiger partial charge in [-0.05, 0) is 25.0 Å². The van der Waals surface area contributed by atoms with Gasteiger partial charge in [-0.15, -0.1) is 0 Å². The summed E-state index contributed by atoms with van der Waals surface area (Å²) >= 11 is 1.47. The molecule has 1 N–H and O–H groups in total. The topological polar surface area (TPSA) is 57.4 Å². The number of hydrogen-bond donors (Lipinski definition) is 1. The number of amidine groups is 1. The first-order valence-corrected chi connectivity index (χ1v) is 5.90. The fraction of sp³-hybridized carbons (Fsp3) is 0.778. The number of nitrogens with one attached hydrogen (secondary N) is 1. The zero-order valence-corrected chi connectivity index (χ0v) is 9.14. The van der Waals surface area contributed by atoms with Gasteiger partial charge < -0.3 is 4.74 Å². The third-order valence-corrected chi connectivity index (χ3v) is 2.81. The lowest BCUT2D eigenvalue weighted by molar-refractivity contribution is 0.0689. The van der Waals surface area contributed by atoms with Gasteiger partial charge in [-0.2, -0.15) is 5.26 Å². The Morgan fingerprint density at radius 1 is 1.64 bits per heavy atom. The molecule has 0 aromatic heterocycles. The second-order valence-electron chi connectivity index (χ2n) is 3.14. The van der Waals surface area contributed by atoms with Crippen molar-refractivity contribution in [3.63, 3.8) is 0 Å². The molecular weight excluding hydrogens is 198 g/mol. The van der Waals surface area contributed by atoms with Crippen molar-refractivity contribution in [1.29, 1.82) is 5.26 Å². The molecule has 1 aliphatic heterocycles. The SMILES string of the molecule is CSC(=NCC1CCOCC1)NC#N. The Bertz CT molecular complexity index is 231. The molecule has 0 saturated carbocycles. The lowest BCUT2D eigenvalue weighted by Gasteiger charge is -2.20. The standard InChI is InChI=1S/C9H15N3OS/c1-14-9(12-7-10)11-6-8-2-4-13-5-3-8/h8H,2-6H2,1H3,(H,11,12). The van der Waals surface area contributed by atoms with Gasteiger partial charge in [-0.25, -0.2) is 0 Å². The second-order valence-corrected chi connectivity index (χ2v) is 3.94. The Hall–Kier alpha value is -0.730. The molecule has 0 unspecified atom stereocenters. The Balaban J connectivity index is 2.31. The van der Waals surface area contributed by atoms with E-state index in [-0.39, 0.29) is 0 Å². The van der Waals surface area contributed by atoms with E-state index in [2.05, 4.69) is 10.3 Å². The Labute approximate surface area is 88.7 Å². The van der Waals surface area contributed by atoms with E-state index in [4.69, 9.17) is 10.00 Å². The van der Waals surface area contributed by atoms with Crippen LogP contribution < -0.4 is 5.32 Å². The van der Waals surface area contributed by atoms with Gasteiger partial charge in [0.25, 0.3) is 0 Å². The van der Waals surface area contributed by atoms with E-state index in [9.17, 15) is 0 Å². The third kappa shape index (κ3) is 3.99. The molecule has 4 nitrogen and oxygen atoms in total. The largest absolute Gasteiger partial charge is 0.381 e. The zero-order chi connectivity index (χ0) is 10.2. The van der Waals surface area contributed by atoms with Crippen molar-refractivity contribution in [2.45, 2.75) is 12.8 Å². The summed E-state index contributed by atoms with van der Waals surface area (Å²) in [6.45, 7) is 2.50. The summed E-state index contributed by atoms with van der Waals surface area (Å²) in [4.78, 5) is 4.35. The molecule has 0 radical (unpaired) electrons. The van der Waals surface area contributed by atoms with E-state index in [1.54, 1.807) is 0 Å². The van der Waals surface area contributed by atoms with Crippen molar-refractivity contribution in [3.05, 3.63) is 0 Å². The molecule has 0 aromatic rings. The minimum atomic E-state index is 0.617. The average molecular weight is 213 g/mol. The van der Waals surface area contributed by atoms with Crippen LogP contribution in [0.1, 0.15) is 12.8 Å². The number of nitrogens with zero attached hydrogens (tertiary/aromatic N) is 2. The molecule has 0 aliphatic carbocycles. The van der Waals surface area contributed by atoms with Crippen molar-refractivity contribution in [2.24, 2.45) is 10.9 Å². The van der Waals surface area contributed by atoms with Crippen LogP contribution in [0, 0.1) is 17.4 Å². The summed E-state index contributed by atoms with van der Waals surface area (Å²) in [6, 6.07) is 0. The molecule has 1 fully saturated rings. The summed E-state index contributed by atoms with van der Waals surface area (Å²) in [5.74, 6) is 0.617. The van der Waals surface area contributed by atoms with Crippen LogP contribution in [0.5, 0.6) is 0 Å². The normalized spacial score (nSPS) is 19.0. The summed E-state index contributed by atoms with van der Waals surface area (Å²) in [5, 5.41) is 11.7. The van der Waals surface area contributed by atoms with Crippen molar-refractivity contribution < 1.29 is 4.74 Å². The molecule has 5 heteroatoms. The van der Waals surface area contributed by atoms with Crippen LogP contribution in [0.25, 0.3) is 0 Å². The van der Waals surface area contributed by atoms with E-state index >= 15 is 0 Å². The second kappa shape index (κ2) is 6.68. The summed E-state index contributed by atoms with van der Waals surface area (Å²) in [5.41, 5.74) is 0. The minimum absolute atomic E-state index is 0.617. The van der Waals surface area contributed by atoms with E-state index < -0.39 is 0 Å². The number of thioether (sulfide) groups is 1. The lowest BCUT2D eigenvalue weighted by atomic mass is 10.0. The molecule has 0 bridgehead atoms. The van der Waals surface area contributed by atoms with Gasteiger partial charge in [0.1, 0.15) is 0 Å². The van der Waals surface area contributed by atoms with Crippen LogP contribution in [-0.2, 0) is 4.74 Å². The van der Waals surface area contributed by atoms with E-state index in [0.29, 0.717) is 11.1 Å². The van der Waals surface area contributed by atoms with Gasteiger partial charge >= 0.3 is 0 Å². The molecule has 1 rings (SSSR count). The first-order chi connectivity index (χ1) is 6.86. The van der Waals surface area contributed by atoms with Crippen molar-refractivity contribution in [3.8, 4) is 6.19 Å². The molecule has 0 amide bonds. The van der Waals surface area contributed by atoms with Gasteiger partial charge in [0.2, 0.25) is 0 Å². The summed E-state index contributed by atoms with van der Waals surface area (Å²) in [7, 11) is 0. The molecule has 1 saturated heterocycles. The predicted octanol–water partition coefficient (Wildman–Crippen LogP) is 1.20. The fourth-order valence-electron chi connectivity index (χ4n) is 1.34. The fourth-order valence-corrected chi connectivity index (χ4v) is 1.70. The Morgan fingerprint density at radius 3 is 2.93 bits per heavy atom. The van der Waals surface area contributed by atoms with E-state index in [0.717, 1.165) is 32.6 Å². The van der Waals surface area contributed by atoms with Crippen LogP contribution in [0.3, 0.4) is 0 Å². The summed E-state index contributed by atoms with van der Waals surface area (Å²) in [6.07, 6.45) is 5.95. The minimum Gasteiger partial charge on any atom is -0.381 e. The number of hydrogen-bond acceptors (Lipinski definition) is 4. The highest BCUT2D eigenvalue weighted by molar-refractivity contribution is 8.13. The maximum absolute atomic E-state index is 8.43. The Morgan fingerprint density at radius 2 is 2.36 bits per heavy atom. The number of nitriles is 1. The lowest BCUT2D eigenvalue weighted by Crippen LogP contribution is -2.20. The maximum atomic E-state index is 8.43. The molecule has 78 valence electrons. The van der Waals surface area contributed by atoms with Crippen LogP contribution in [0.15, 0.2) is 4.99 Å². The molecule has 1 aliphatic rings. The summed E-state index contributed by atoms with van der Waals surface area (Å²) < 4.78 is 5.26. The van der Waals surface area contributed by atoms with Gasteiger partial charge in [0.15, 0.2) is 11.4 Å². The molecule has 14 heavy (non-hydrogen) atoms. The highest BCUT2D eigenvalue weighted by Crippen LogP contribution is 2.15. The van der Waals surface area contributed by atoms with Crippen LogP contribution in [-0.4, -0.2) is 31.2 Å². The number of ether oxygens (including phenoxy) is 1. The molecule has 0 spiro atoms. The van der Waals surface area contributed by atoms with Crippen LogP contribution in [0.2, 0.25) is 0 Å². The van der Waals surface area contributed by atoms with Gasteiger partial charge in [0, 0.05) is 19.8 Å². The van der Waals surface area contributed by atoms with Crippen LogP contribution in [0.4, 0.5) is 0 Å². The van der Waals surface area contributed by atoms with E-state index in [1.807, 2.05) is 12.4 Å². The predicted molar refractivity (Wildman–Crippen MR) is 58.1 cm³/mol. The van der Waals surface area contributed by atoms with Gasteiger partial charge in [0.05, 0.1) is 0 Å². The highest BCUT2D eigenvalue weighted by Gasteiger charge is 2.13. The molecular formula is C9H15N3OS. The molecule has 0 atom stereocenters. The Kier molecular flexibility index (Phi) is 5.42. The maximum Gasteiger partial charge on any atom is 0.183 e. The van der Waals surface area contributed by atoms with Crippen molar-refractivity contribution >= 4 is 16.9 Å². The third-order valence-electron chi connectivity index (χ3n) is 2.19. The zero-order valence-electron chi connectivity index (χ0n) is 8.32. The first-order valence-electron chi connectivity index (χ1n) is 4.68.